The van der Waals surface area contributed by atoms with E-state index in [0.29, 0.717) is 6.04 Å². The summed E-state index contributed by atoms with van der Waals surface area (Å²) in [5.74, 6) is 0.854. The van der Waals surface area contributed by atoms with E-state index in [1.165, 1.54) is 31.7 Å². The largest absolute Gasteiger partial charge is 0.314 e. The number of halogens is 1. The third-order valence-electron chi connectivity index (χ3n) is 3.67. The number of rotatable bonds is 8. The van der Waals surface area contributed by atoms with Crippen molar-refractivity contribution in [3.8, 4) is 0 Å². The molecule has 0 aliphatic heterocycles. The molecule has 2 heteroatoms. The van der Waals surface area contributed by atoms with Gasteiger partial charge in [-0.1, -0.05) is 31.9 Å². The van der Waals surface area contributed by atoms with Gasteiger partial charge in [0.1, 0.15) is 5.82 Å². The van der Waals surface area contributed by atoms with Gasteiger partial charge in [-0.05, 0) is 55.8 Å². The van der Waals surface area contributed by atoms with Gasteiger partial charge in [-0.2, -0.15) is 0 Å². The van der Waals surface area contributed by atoms with Gasteiger partial charge in [0, 0.05) is 6.04 Å². The van der Waals surface area contributed by atoms with E-state index in [1.807, 2.05) is 12.1 Å². The van der Waals surface area contributed by atoms with Gasteiger partial charge in [-0.15, -0.1) is 0 Å². The minimum Gasteiger partial charge on any atom is -0.314 e. The van der Waals surface area contributed by atoms with E-state index >= 15 is 0 Å². The summed E-state index contributed by atoms with van der Waals surface area (Å²) in [5.41, 5.74) is 1.11. The first-order valence-corrected chi connectivity index (χ1v) is 7.25. The van der Waals surface area contributed by atoms with Crippen LogP contribution < -0.4 is 5.32 Å². The molecule has 2 rings (SSSR count). The highest BCUT2D eigenvalue weighted by Gasteiger charge is 2.22. The molecule has 100 valence electrons. The molecule has 0 amide bonds. The molecule has 18 heavy (non-hydrogen) atoms. The van der Waals surface area contributed by atoms with Gasteiger partial charge in [-0.25, -0.2) is 4.39 Å². The van der Waals surface area contributed by atoms with Crippen molar-refractivity contribution in [1.82, 2.24) is 5.32 Å². The summed E-state index contributed by atoms with van der Waals surface area (Å²) >= 11 is 0. The van der Waals surface area contributed by atoms with Crippen molar-refractivity contribution < 1.29 is 4.39 Å². The van der Waals surface area contributed by atoms with Crippen molar-refractivity contribution in [3.05, 3.63) is 35.6 Å². The third-order valence-corrected chi connectivity index (χ3v) is 3.67. The van der Waals surface area contributed by atoms with Crippen molar-refractivity contribution in [1.29, 1.82) is 0 Å². The first-order valence-electron chi connectivity index (χ1n) is 7.25. The van der Waals surface area contributed by atoms with Gasteiger partial charge in [0.15, 0.2) is 0 Å². The number of benzene rings is 1. The summed E-state index contributed by atoms with van der Waals surface area (Å²) in [6.07, 6.45) is 7.49. The predicted octanol–water partition coefficient (Wildman–Crippen LogP) is 3.93. The Morgan fingerprint density at radius 3 is 2.89 bits per heavy atom. The summed E-state index contributed by atoms with van der Waals surface area (Å²) in [4.78, 5) is 0. The van der Waals surface area contributed by atoms with Crippen molar-refractivity contribution in [3.63, 3.8) is 0 Å². The molecule has 1 aliphatic rings. The quantitative estimate of drug-likeness (QED) is 0.736. The highest BCUT2D eigenvalue weighted by molar-refractivity contribution is 5.17. The van der Waals surface area contributed by atoms with E-state index in [2.05, 4.69) is 12.2 Å². The van der Waals surface area contributed by atoms with Crippen LogP contribution in [0.4, 0.5) is 4.39 Å². The molecule has 0 heterocycles. The van der Waals surface area contributed by atoms with E-state index < -0.39 is 0 Å². The summed E-state index contributed by atoms with van der Waals surface area (Å²) < 4.78 is 13.2. The molecule has 0 saturated heterocycles. The molecular formula is C16H24FN. The molecule has 1 unspecified atom stereocenters. The van der Waals surface area contributed by atoms with Crippen LogP contribution in [0.2, 0.25) is 0 Å². The standard InChI is InChI=1S/C16H24FN/c1-2-10-18-16(9-8-13-6-7-13)12-14-4-3-5-15(17)11-14/h3-5,11,13,16,18H,2,6-10,12H2,1H3. The SMILES string of the molecule is CCCNC(CCC1CC1)Cc1cccc(F)c1. The van der Waals surface area contributed by atoms with Crippen LogP contribution in [-0.2, 0) is 6.42 Å². The highest BCUT2D eigenvalue weighted by Crippen LogP contribution is 2.34. The van der Waals surface area contributed by atoms with Crippen LogP contribution in [0.1, 0.15) is 44.6 Å². The van der Waals surface area contributed by atoms with Gasteiger partial charge < -0.3 is 5.32 Å². The van der Waals surface area contributed by atoms with Gasteiger partial charge in [0.2, 0.25) is 0 Å². The zero-order chi connectivity index (χ0) is 12.8. The third kappa shape index (κ3) is 4.77. The average Bonchev–Trinajstić information content (AvgIpc) is 3.17. The lowest BCUT2D eigenvalue weighted by Crippen LogP contribution is -2.32. The molecule has 1 N–H and O–H groups in total. The molecule has 1 aromatic rings. The molecule has 0 radical (unpaired) electrons. The van der Waals surface area contributed by atoms with E-state index in [1.54, 1.807) is 6.07 Å². The van der Waals surface area contributed by atoms with E-state index in [-0.39, 0.29) is 5.82 Å². The van der Waals surface area contributed by atoms with Crippen LogP contribution in [0, 0.1) is 11.7 Å². The fourth-order valence-corrected chi connectivity index (χ4v) is 2.42. The molecule has 1 atom stereocenters. The maximum atomic E-state index is 13.2. The molecule has 1 aliphatic carbocycles. The first-order chi connectivity index (χ1) is 8.78. The number of hydrogen-bond donors (Lipinski definition) is 1. The topological polar surface area (TPSA) is 12.0 Å². The maximum Gasteiger partial charge on any atom is 0.123 e. The Labute approximate surface area is 110 Å². The van der Waals surface area contributed by atoms with E-state index in [9.17, 15) is 4.39 Å². The lowest BCUT2D eigenvalue weighted by molar-refractivity contribution is 0.451. The molecule has 0 aromatic heterocycles. The van der Waals surface area contributed by atoms with Crippen LogP contribution in [0.5, 0.6) is 0 Å². The molecule has 1 saturated carbocycles. The zero-order valence-corrected chi connectivity index (χ0v) is 11.3. The summed E-state index contributed by atoms with van der Waals surface area (Å²) in [6.45, 7) is 3.25. The molecule has 1 fully saturated rings. The van der Waals surface area contributed by atoms with Gasteiger partial charge in [-0.3, -0.25) is 0 Å². The Kier molecular flexibility index (Phi) is 5.18. The van der Waals surface area contributed by atoms with Crippen LogP contribution in [0.25, 0.3) is 0 Å². The van der Waals surface area contributed by atoms with Crippen molar-refractivity contribution in [2.75, 3.05) is 6.54 Å². The molecule has 1 nitrogen and oxygen atoms in total. The zero-order valence-electron chi connectivity index (χ0n) is 11.3. The lowest BCUT2D eigenvalue weighted by atomic mass is 10.00. The van der Waals surface area contributed by atoms with Gasteiger partial charge in [0.05, 0.1) is 0 Å². The smallest absolute Gasteiger partial charge is 0.123 e. The van der Waals surface area contributed by atoms with Crippen molar-refractivity contribution in [2.24, 2.45) is 5.92 Å². The number of nitrogens with one attached hydrogen (secondary N) is 1. The fourth-order valence-electron chi connectivity index (χ4n) is 2.42. The van der Waals surface area contributed by atoms with Crippen LogP contribution in [0.3, 0.4) is 0 Å². The minimum atomic E-state index is -0.121. The first kappa shape index (κ1) is 13.5. The van der Waals surface area contributed by atoms with Crippen molar-refractivity contribution >= 4 is 0 Å². The van der Waals surface area contributed by atoms with E-state index in [4.69, 9.17) is 0 Å². The Morgan fingerprint density at radius 1 is 1.39 bits per heavy atom. The Hall–Kier alpha value is -0.890. The normalized spacial score (nSPS) is 16.8. The Balaban J connectivity index is 1.85. The highest BCUT2D eigenvalue weighted by atomic mass is 19.1. The second-order valence-electron chi connectivity index (χ2n) is 5.51. The second kappa shape index (κ2) is 6.89. The summed E-state index contributed by atoms with van der Waals surface area (Å²) in [5, 5.41) is 3.60. The summed E-state index contributed by atoms with van der Waals surface area (Å²) in [7, 11) is 0. The minimum absolute atomic E-state index is 0.121. The average molecular weight is 249 g/mol. The maximum absolute atomic E-state index is 13.2. The lowest BCUT2D eigenvalue weighted by Gasteiger charge is -2.18. The van der Waals surface area contributed by atoms with Gasteiger partial charge >= 0.3 is 0 Å². The predicted molar refractivity (Wildman–Crippen MR) is 74.1 cm³/mol. The van der Waals surface area contributed by atoms with Crippen LogP contribution in [0.15, 0.2) is 24.3 Å². The molecule has 0 bridgehead atoms. The van der Waals surface area contributed by atoms with E-state index in [0.717, 1.165) is 30.9 Å². The molecule has 0 spiro atoms. The van der Waals surface area contributed by atoms with Crippen molar-refractivity contribution in [2.45, 2.75) is 51.5 Å². The Bertz CT molecular complexity index is 360. The number of hydrogen-bond acceptors (Lipinski definition) is 1. The summed E-state index contributed by atoms with van der Waals surface area (Å²) in [6, 6.07) is 7.52. The van der Waals surface area contributed by atoms with Crippen LogP contribution in [-0.4, -0.2) is 12.6 Å². The second-order valence-corrected chi connectivity index (χ2v) is 5.51. The molecular weight excluding hydrogens is 225 g/mol. The van der Waals surface area contributed by atoms with Gasteiger partial charge in [0.25, 0.3) is 0 Å². The molecule has 1 aromatic carbocycles. The fraction of sp³-hybridized carbons (Fsp3) is 0.625. The van der Waals surface area contributed by atoms with Crippen LogP contribution >= 0.6 is 0 Å². The Morgan fingerprint density at radius 2 is 2.22 bits per heavy atom. The monoisotopic (exact) mass is 249 g/mol.